The van der Waals surface area contributed by atoms with Crippen molar-refractivity contribution in [2.75, 3.05) is 5.75 Å². The zero-order valence-electron chi connectivity index (χ0n) is 7.10. The first-order valence-electron chi connectivity index (χ1n) is 3.76. The van der Waals surface area contributed by atoms with Gasteiger partial charge in [-0.2, -0.15) is 0 Å². The van der Waals surface area contributed by atoms with Crippen molar-refractivity contribution >= 4 is 23.7 Å². The summed E-state index contributed by atoms with van der Waals surface area (Å²) in [5.41, 5.74) is 0.0266. The number of hydrogen-bond donors (Lipinski definition) is 1. The third-order valence-corrected chi connectivity index (χ3v) is 2.52. The lowest BCUT2D eigenvalue weighted by atomic mass is 10.2. The van der Waals surface area contributed by atoms with Gasteiger partial charge in [0.15, 0.2) is 0 Å². The van der Waals surface area contributed by atoms with E-state index in [2.05, 4.69) is 0 Å². The predicted molar refractivity (Wildman–Crippen MR) is 49.1 cm³/mol. The molecule has 0 aliphatic heterocycles. The SMILES string of the molecule is O=C(O)CSc1ccccc1C(=O)[O-]. The van der Waals surface area contributed by atoms with Gasteiger partial charge in [-0.25, -0.2) is 0 Å². The van der Waals surface area contributed by atoms with E-state index >= 15 is 0 Å². The Labute approximate surface area is 84.6 Å². The highest BCUT2D eigenvalue weighted by Crippen LogP contribution is 2.21. The van der Waals surface area contributed by atoms with Crippen molar-refractivity contribution in [1.82, 2.24) is 0 Å². The summed E-state index contributed by atoms with van der Waals surface area (Å²) in [5, 5.41) is 19.0. The van der Waals surface area contributed by atoms with Crippen molar-refractivity contribution in [2.45, 2.75) is 4.90 Å². The molecule has 0 spiro atoms. The van der Waals surface area contributed by atoms with Crippen molar-refractivity contribution in [3.8, 4) is 0 Å². The first kappa shape index (κ1) is 10.6. The van der Waals surface area contributed by atoms with Gasteiger partial charge in [-0.15, -0.1) is 11.8 Å². The number of aromatic carboxylic acids is 1. The van der Waals surface area contributed by atoms with Crippen molar-refractivity contribution in [2.24, 2.45) is 0 Å². The first-order chi connectivity index (χ1) is 6.61. The van der Waals surface area contributed by atoms with Crippen LogP contribution in [-0.2, 0) is 4.79 Å². The molecule has 1 rings (SSSR count). The lowest BCUT2D eigenvalue weighted by molar-refractivity contribution is -0.255. The van der Waals surface area contributed by atoms with Crippen molar-refractivity contribution in [3.05, 3.63) is 29.8 Å². The Morgan fingerprint density at radius 2 is 2.00 bits per heavy atom. The molecule has 1 aromatic carbocycles. The fourth-order valence-corrected chi connectivity index (χ4v) is 1.66. The van der Waals surface area contributed by atoms with Crippen LogP contribution in [0.2, 0.25) is 0 Å². The molecule has 0 amide bonds. The predicted octanol–water partition coefficient (Wildman–Crippen LogP) is 0.227. The monoisotopic (exact) mass is 211 g/mol. The van der Waals surface area contributed by atoms with Crippen molar-refractivity contribution in [1.29, 1.82) is 0 Å². The first-order valence-corrected chi connectivity index (χ1v) is 4.75. The van der Waals surface area contributed by atoms with Gasteiger partial charge in [-0.3, -0.25) is 4.79 Å². The highest BCUT2D eigenvalue weighted by atomic mass is 32.2. The molecule has 0 heterocycles. The molecule has 4 nitrogen and oxygen atoms in total. The maximum atomic E-state index is 10.6. The summed E-state index contributed by atoms with van der Waals surface area (Å²) in [4.78, 5) is 21.3. The topological polar surface area (TPSA) is 77.4 Å². The summed E-state index contributed by atoms with van der Waals surface area (Å²) in [6.07, 6.45) is 0. The van der Waals surface area contributed by atoms with E-state index in [0.717, 1.165) is 11.8 Å². The molecule has 0 fully saturated rings. The second kappa shape index (κ2) is 4.66. The molecule has 0 radical (unpaired) electrons. The summed E-state index contributed by atoms with van der Waals surface area (Å²) in [5.74, 6) is -2.44. The highest BCUT2D eigenvalue weighted by Gasteiger charge is 2.05. The number of aliphatic carboxylic acids is 1. The molecule has 5 heteroatoms. The van der Waals surface area contributed by atoms with Crippen LogP contribution in [-0.4, -0.2) is 22.8 Å². The third-order valence-electron chi connectivity index (χ3n) is 1.46. The number of rotatable bonds is 4. The van der Waals surface area contributed by atoms with Crippen LogP contribution in [0.15, 0.2) is 29.2 Å². The normalized spacial score (nSPS) is 9.71. The summed E-state index contributed by atoms with van der Waals surface area (Å²) < 4.78 is 0. The minimum Gasteiger partial charge on any atom is -0.545 e. The number of carbonyl (C=O) groups excluding carboxylic acids is 1. The maximum absolute atomic E-state index is 10.6. The smallest absolute Gasteiger partial charge is 0.313 e. The van der Waals surface area contributed by atoms with E-state index in [9.17, 15) is 14.7 Å². The Bertz CT molecular complexity index is 362. The number of thioether (sulfide) groups is 1. The lowest BCUT2D eigenvalue weighted by Gasteiger charge is -2.07. The summed E-state index contributed by atoms with van der Waals surface area (Å²) in [6, 6.07) is 6.16. The molecular formula is C9H7O4S-. The standard InChI is InChI=1S/C9H8O4S/c10-8(11)5-14-7-4-2-1-3-6(7)9(12)13/h1-4H,5H2,(H,10,11)(H,12,13)/p-1. The summed E-state index contributed by atoms with van der Waals surface area (Å²) >= 11 is 0.963. The molecule has 1 N–H and O–H groups in total. The van der Waals surface area contributed by atoms with Crippen LogP contribution >= 0.6 is 11.8 Å². The van der Waals surface area contributed by atoms with Gasteiger partial charge in [0.2, 0.25) is 0 Å². The number of benzene rings is 1. The molecule has 0 unspecified atom stereocenters. The van der Waals surface area contributed by atoms with E-state index in [-0.39, 0.29) is 11.3 Å². The molecule has 0 aromatic heterocycles. The molecular weight excluding hydrogens is 204 g/mol. The van der Waals surface area contributed by atoms with E-state index in [0.29, 0.717) is 4.90 Å². The van der Waals surface area contributed by atoms with Crippen LogP contribution in [0, 0.1) is 0 Å². The molecule has 1 aromatic rings. The van der Waals surface area contributed by atoms with Gasteiger partial charge in [-0.05, 0) is 6.07 Å². The lowest BCUT2D eigenvalue weighted by Crippen LogP contribution is -2.23. The Balaban J connectivity index is 2.84. The molecule has 0 aliphatic carbocycles. The van der Waals surface area contributed by atoms with Gasteiger partial charge in [0, 0.05) is 10.5 Å². The van der Waals surface area contributed by atoms with Crippen LogP contribution in [0.25, 0.3) is 0 Å². The Morgan fingerprint density at radius 3 is 2.57 bits per heavy atom. The van der Waals surface area contributed by atoms with Crippen molar-refractivity contribution in [3.63, 3.8) is 0 Å². The second-order valence-corrected chi connectivity index (χ2v) is 3.48. The van der Waals surface area contributed by atoms with Crippen LogP contribution in [0.1, 0.15) is 10.4 Å². The van der Waals surface area contributed by atoms with Gasteiger partial charge < -0.3 is 15.0 Å². The van der Waals surface area contributed by atoms with E-state index in [1.165, 1.54) is 6.07 Å². The number of carbonyl (C=O) groups is 2. The average Bonchev–Trinajstić information content (AvgIpc) is 2.15. The van der Waals surface area contributed by atoms with Crippen molar-refractivity contribution < 1.29 is 19.8 Å². The minimum atomic E-state index is -1.29. The highest BCUT2D eigenvalue weighted by molar-refractivity contribution is 8.00. The molecule has 0 aliphatic rings. The van der Waals surface area contributed by atoms with Crippen LogP contribution in [0.3, 0.4) is 0 Å². The summed E-state index contributed by atoms with van der Waals surface area (Å²) in [6.45, 7) is 0. The largest absolute Gasteiger partial charge is 0.545 e. The molecule has 0 saturated heterocycles. The Hall–Kier alpha value is -1.49. The second-order valence-electron chi connectivity index (χ2n) is 2.47. The van der Waals surface area contributed by atoms with Gasteiger partial charge in [0.25, 0.3) is 0 Å². The van der Waals surface area contributed by atoms with Crippen LogP contribution in [0.4, 0.5) is 0 Å². The average molecular weight is 211 g/mol. The van der Waals surface area contributed by atoms with E-state index < -0.39 is 11.9 Å². The zero-order chi connectivity index (χ0) is 10.6. The fraction of sp³-hybridized carbons (Fsp3) is 0.111. The number of carboxylic acids is 2. The number of hydrogen-bond acceptors (Lipinski definition) is 4. The van der Waals surface area contributed by atoms with E-state index in [1.54, 1.807) is 18.2 Å². The Morgan fingerprint density at radius 1 is 1.36 bits per heavy atom. The number of carboxylic acid groups (broad SMARTS) is 2. The van der Waals surface area contributed by atoms with Gasteiger partial charge >= 0.3 is 5.97 Å². The van der Waals surface area contributed by atoms with Crippen LogP contribution in [0.5, 0.6) is 0 Å². The van der Waals surface area contributed by atoms with Gasteiger partial charge in [-0.1, -0.05) is 18.2 Å². The van der Waals surface area contributed by atoms with E-state index in [1.807, 2.05) is 0 Å². The Kier molecular flexibility index (Phi) is 3.53. The van der Waals surface area contributed by atoms with E-state index in [4.69, 9.17) is 5.11 Å². The minimum absolute atomic E-state index is 0.0266. The molecule has 74 valence electrons. The van der Waals surface area contributed by atoms with Crippen LogP contribution < -0.4 is 5.11 Å². The van der Waals surface area contributed by atoms with Gasteiger partial charge in [0.1, 0.15) is 0 Å². The molecule has 0 atom stereocenters. The third kappa shape index (κ3) is 2.77. The molecule has 0 saturated carbocycles. The van der Waals surface area contributed by atoms with Gasteiger partial charge in [0.05, 0.1) is 11.7 Å². The maximum Gasteiger partial charge on any atom is 0.313 e. The molecule has 0 bridgehead atoms. The molecule has 14 heavy (non-hydrogen) atoms. The summed E-state index contributed by atoms with van der Waals surface area (Å²) in [7, 11) is 0. The quantitative estimate of drug-likeness (QED) is 0.721. The fourth-order valence-electron chi connectivity index (χ4n) is 0.901. The zero-order valence-corrected chi connectivity index (χ0v) is 7.91.